The van der Waals surface area contributed by atoms with Gasteiger partial charge in [-0.15, -0.1) is 0 Å². The molecule has 0 saturated heterocycles. The lowest BCUT2D eigenvalue weighted by atomic mass is 9.69. The van der Waals surface area contributed by atoms with Crippen LogP contribution in [0.3, 0.4) is 0 Å². The highest BCUT2D eigenvalue weighted by atomic mass is 14.6. The molecule has 1 aromatic carbocycles. The molecule has 0 aliphatic heterocycles. The second-order valence-electron chi connectivity index (χ2n) is 4.87. The van der Waals surface area contributed by atoms with Crippen molar-refractivity contribution in [2.45, 2.75) is 5.92 Å². The Labute approximate surface area is 101 Å². The van der Waals surface area contributed by atoms with Gasteiger partial charge >= 0.3 is 0 Å². The zero-order valence-corrected chi connectivity index (χ0v) is 9.43. The van der Waals surface area contributed by atoms with Crippen LogP contribution in [-0.2, 0) is 0 Å². The van der Waals surface area contributed by atoms with E-state index in [4.69, 9.17) is 5.73 Å². The molecule has 0 heterocycles. The summed E-state index contributed by atoms with van der Waals surface area (Å²) in [5, 5.41) is 0. The number of nitrogens with two attached hydrogens (primary N) is 1. The lowest BCUT2D eigenvalue weighted by molar-refractivity contribution is 0.665. The molecular formula is C16H13N. The van der Waals surface area contributed by atoms with E-state index in [-0.39, 0.29) is 0 Å². The molecule has 2 N–H and O–H groups in total. The number of hydrogen-bond donors (Lipinski definition) is 1. The van der Waals surface area contributed by atoms with Crippen LogP contribution in [-0.4, -0.2) is 0 Å². The van der Waals surface area contributed by atoms with Gasteiger partial charge in [-0.2, -0.15) is 0 Å². The number of benzene rings is 1. The summed E-state index contributed by atoms with van der Waals surface area (Å²) in [4.78, 5) is 0. The minimum absolute atomic E-state index is 0.475. The molecule has 0 spiro atoms. The van der Waals surface area contributed by atoms with Gasteiger partial charge in [0.1, 0.15) is 0 Å². The average Bonchev–Trinajstić information content (AvgIpc) is 2.38. The third-order valence-corrected chi connectivity index (χ3v) is 3.97. The number of anilines is 1. The fraction of sp³-hybridized carbons (Fsp3) is 0.125. The van der Waals surface area contributed by atoms with Crippen LogP contribution in [0.4, 0.5) is 5.69 Å². The molecule has 3 aliphatic rings. The molecule has 1 nitrogen and oxygen atoms in total. The molecule has 0 amide bonds. The Morgan fingerprint density at radius 3 is 2.88 bits per heavy atom. The molecule has 4 rings (SSSR count). The summed E-state index contributed by atoms with van der Waals surface area (Å²) in [5.41, 5.74) is 12.3. The molecule has 0 fully saturated rings. The summed E-state index contributed by atoms with van der Waals surface area (Å²) in [6.07, 6.45) is 15.6. The van der Waals surface area contributed by atoms with Crippen molar-refractivity contribution in [3.63, 3.8) is 0 Å². The summed E-state index contributed by atoms with van der Waals surface area (Å²) in [6.45, 7) is 0. The first-order valence-corrected chi connectivity index (χ1v) is 6.01. The van der Waals surface area contributed by atoms with Gasteiger partial charge < -0.3 is 5.73 Å². The van der Waals surface area contributed by atoms with E-state index in [0.717, 1.165) is 5.69 Å². The molecule has 0 saturated carbocycles. The smallest absolute Gasteiger partial charge is 0.0391 e. The fourth-order valence-electron chi connectivity index (χ4n) is 3.17. The highest BCUT2D eigenvalue weighted by Gasteiger charge is 2.32. The van der Waals surface area contributed by atoms with E-state index in [1.54, 1.807) is 0 Å². The van der Waals surface area contributed by atoms with Crippen molar-refractivity contribution in [3.8, 4) is 0 Å². The van der Waals surface area contributed by atoms with Gasteiger partial charge in [0, 0.05) is 23.1 Å². The Balaban J connectivity index is 2.09. The van der Waals surface area contributed by atoms with E-state index in [2.05, 4.69) is 48.6 Å². The standard InChI is InChI=1S/C16H13N/c17-14-9-7-12-5-4-10-2-1-3-11-6-8-13(14)16(12)15(10)11/h1-10,15H,17H2. The second kappa shape index (κ2) is 3.01. The number of nitrogen functional groups attached to an aromatic ring is 1. The van der Waals surface area contributed by atoms with Crippen LogP contribution in [0.25, 0.3) is 12.2 Å². The Kier molecular flexibility index (Phi) is 1.60. The topological polar surface area (TPSA) is 26.0 Å². The van der Waals surface area contributed by atoms with Crippen molar-refractivity contribution in [2.75, 3.05) is 5.73 Å². The van der Waals surface area contributed by atoms with Crippen LogP contribution in [0.15, 0.2) is 48.1 Å². The third-order valence-electron chi connectivity index (χ3n) is 3.97. The maximum absolute atomic E-state index is 6.09. The average molecular weight is 219 g/mol. The molecule has 82 valence electrons. The number of rotatable bonds is 0. The fourth-order valence-corrected chi connectivity index (χ4v) is 3.17. The lowest BCUT2D eigenvalue weighted by Crippen LogP contribution is -2.21. The Hall–Kier alpha value is -2.02. The summed E-state index contributed by atoms with van der Waals surface area (Å²) < 4.78 is 0. The van der Waals surface area contributed by atoms with Gasteiger partial charge in [0.25, 0.3) is 0 Å². The van der Waals surface area contributed by atoms with Gasteiger partial charge in [-0.1, -0.05) is 48.6 Å². The van der Waals surface area contributed by atoms with E-state index in [1.807, 2.05) is 6.07 Å². The molecule has 0 bridgehead atoms. The normalized spacial score (nSPS) is 26.7. The van der Waals surface area contributed by atoms with E-state index in [0.29, 0.717) is 11.8 Å². The first-order chi connectivity index (χ1) is 8.34. The molecule has 2 unspecified atom stereocenters. The van der Waals surface area contributed by atoms with Crippen LogP contribution in [0.1, 0.15) is 22.6 Å². The Bertz CT molecular complexity index is 629. The minimum atomic E-state index is 0.475. The number of allylic oxidation sites excluding steroid dienone is 6. The third kappa shape index (κ3) is 1.09. The van der Waals surface area contributed by atoms with E-state index >= 15 is 0 Å². The lowest BCUT2D eigenvalue weighted by Gasteiger charge is -2.35. The van der Waals surface area contributed by atoms with Crippen molar-refractivity contribution in [2.24, 2.45) is 5.92 Å². The van der Waals surface area contributed by atoms with Gasteiger partial charge in [0.2, 0.25) is 0 Å². The monoisotopic (exact) mass is 219 g/mol. The zero-order chi connectivity index (χ0) is 11.4. The SMILES string of the molecule is Nc1ccc2c3c1C=CC1=CC=CC(C=C2)C13. The summed E-state index contributed by atoms with van der Waals surface area (Å²) >= 11 is 0. The molecule has 1 aromatic rings. The first-order valence-electron chi connectivity index (χ1n) is 6.01. The molecule has 2 atom stereocenters. The second-order valence-corrected chi connectivity index (χ2v) is 4.87. The predicted molar refractivity (Wildman–Crippen MR) is 72.4 cm³/mol. The molecular weight excluding hydrogens is 206 g/mol. The summed E-state index contributed by atoms with van der Waals surface area (Å²) in [6, 6.07) is 4.15. The van der Waals surface area contributed by atoms with E-state index in [1.165, 1.54) is 22.3 Å². The van der Waals surface area contributed by atoms with Crippen molar-refractivity contribution in [3.05, 3.63) is 64.8 Å². The van der Waals surface area contributed by atoms with Crippen LogP contribution in [0, 0.1) is 5.92 Å². The van der Waals surface area contributed by atoms with Gasteiger partial charge in [-0.3, -0.25) is 0 Å². The van der Waals surface area contributed by atoms with Crippen LogP contribution in [0.5, 0.6) is 0 Å². The summed E-state index contributed by atoms with van der Waals surface area (Å²) in [5.74, 6) is 0.969. The zero-order valence-electron chi connectivity index (χ0n) is 9.43. The van der Waals surface area contributed by atoms with Crippen LogP contribution < -0.4 is 5.73 Å². The highest BCUT2D eigenvalue weighted by molar-refractivity contribution is 5.80. The maximum Gasteiger partial charge on any atom is 0.0391 e. The Morgan fingerprint density at radius 2 is 1.94 bits per heavy atom. The first kappa shape index (κ1) is 9.06. The van der Waals surface area contributed by atoms with E-state index < -0.39 is 0 Å². The molecule has 0 radical (unpaired) electrons. The van der Waals surface area contributed by atoms with Crippen molar-refractivity contribution in [1.29, 1.82) is 0 Å². The molecule has 3 aliphatic carbocycles. The van der Waals surface area contributed by atoms with Crippen molar-refractivity contribution in [1.82, 2.24) is 0 Å². The van der Waals surface area contributed by atoms with Gasteiger partial charge in [-0.25, -0.2) is 0 Å². The van der Waals surface area contributed by atoms with Crippen molar-refractivity contribution >= 4 is 17.8 Å². The van der Waals surface area contributed by atoms with Crippen molar-refractivity contribution < 1.29 is 0 Å². The quantitative estimate of drug-likeness (QED) is 0.664. The summed E-state index contributed by atoms with van der Waals surface area (Å²) in [7, 11) is 0. The largest absolute Gasteiger partial charge is 0.398 e. The molecule has 1 heteroatoms. The molecule has 17 heavy (non-hydrogen) atoms. The maximum atomic E-state index is 6.09. The minimum Gasteiger partial charge on any atom is -0.398 e. The number of hydrogen-bond acceptors (Lipinski definition) is 1. The van der Waals surface area contributed by atoms with Gasteiger partial charge in [0.05, 0.1) is 0 Å². The van der Waals surface area contributed by atoms with Crippen LogP contribution >= 0.6 is 0 Å². The van der Waals surface area contributed by atoms with E-state index in [9.17, 15) is 0 Å². The molecule has 0 aromatic heterocycles. The van der Waals surface area contributed by atoms with Gasteiger partial charge in [-0.05, 0) is 22.8 Å². The Morgan fingerprint density at radius 1 is 1.00 bits per heavy atom. The van der Waals surface area contributed by atoms with Crippen LogP contribution in [0.2, 0.25) is 0 Å². The van der Waals surface area contributed by atoms with Gasteiger partial charge in [0.15, 0.2) is 0 Å². The predicted octanol–water partition coefficient (Wildman–Crippen LogP) is 3.52. The highest BCUT2D eigenvalue weighted by Crippen LogP contribution is 2.47.